The van der Waals surface area contributed by atoms with Crippen LogP contribution in [0.3, 0.4) is 0 Å². The zero-order valence-electron chi connectivity index (χ0n) is 10.0. The molecule has 1 heterocycles. The molecule has 90 valence electrons. The van der Waals surface area contributed by atoms with Gasteiger partial charge in [0.2, 0.25) is 0 Å². The van der Waals surface area contributed by atoms with Gasteiger partial charge in [-0.05, 0) is 18.8 Å². The van der Waals surface area contributed by atoms with E-state index in [4.69, 9.17) is 10.5 Å². The topological polar surface area (TPSA) is 50.5 Å². The van der Waals surface area contributed by atoms with Crippen LogP contribution in [0, 0.1) is 5.92 Å². The van der Waals surface area contributed by atoms with E-state index in [1.165, 1.54) is 19.3 Å². The Morgan fingerprint density at radius 2 is 2.00 bits per heavy atom. The zero-order chi connectivity index (χ0) is 11.1. The van der Waals surface area contributed by atoms with Crippen molar-refractivity contribution in [3.63, 3.8) is 0 Å². The second-order valence-corrected chi connectivity index (χ2v) is 4.45. The number of nitrogens with zero attached hydrogens (tertiary/aromatic N) is 1. The smallest absolute Gasteiger partial charge is 0.0503 e. The third-order valence-corrected chi connectivity index (χ3v) is 3.07. The third-order valence-electron chi connectivity index (χ3n) is 3.07. The van der Waals surface area contributed by atoms with Crippen LogP contribution in [0.25, 0.3) is 0 Å². The third kappa shape index (κ3) is 4.47. The van der Waals surface area contributed by atoms with E-state index < -0.39 is 0 Å². The van der Waals surface area contributed by atoms with Gasteiger partial charge in [-0.2, -0.15) is 0 Å². The van der Waals surface area contributed by atoms with Gasteiger partial charge < -0.3 is 10.5 Å². The molecule has 1 aliphatic rings. The van der Waals surface area contributed by atoms with Crippen molar-refractivity contribution in [2.45, 2.75) is 32.2 Å². The molecule has 1 fully saturated rings. The number of ether oxygens (including phenoxy) is 1. The van der Waals surface area contributed by atoms with E-state index in [0.717, 1.165) is 19.7 Å². The summed E-state index contributed by atoms with van der Waals surface area (Å²) >= 11 is 0. The van der Waals surface area contributed by atoms with Gasteiger partial charge in [0.1, 0.15) is 0 Å². The summed E-state index contributed by atoms with van der Waals surface area (Å²) in [5.74, 6) is 0.460. The van der Waals surface area contributed by atoms with Crippen molar-refractivity contribution in [3.8, 4) is 0 Å². The molecule has 0 saturated carbocycles. The molecule has 1 saturated heterocycles. The molecule has 15 heavy (non-hydrogen) atoms. The molecule has 0 bridgehead atoms. The normalized spacial score (nSPS) is 22.6. The van der Waals surface area contributed by atoms with Crippen LogP contribution in [0.5, 0.6) is 0 Å². The van der Waals surface area contributed by atoms with Gasteiger partial charge >= 0.3 is 0 Å². The molecular formula is C11H25N3O. The lowest BCUT2D eigenvalue weighted by Crippen LogP contribution is -2.53. The maximum absolute atomic E-state index is 5.78. The van der Waals surface area contributed by atoms with Crippen LogP contribution >= 0.6 is 0 Å². The van der Waals surface area contributed by atoms with Crippen molar-refractivity contribution < 1.29 is 4.74 Å². The summed E-state index contributed by atoms with van der Waals surface area (Å²) in [4.78, 5) is 0. The lowest BCUT2D eigenvalue weighted by molar-refractivity contribution is 0.0803. The standard InChI is InChI=1S/C11H25N3O/c1-10(9-15-2)11(8-12)13-14-6-4-3-5-7-14/h10-11,13H,3-9,12H2,1-2H3. The summed E-state index contributed by atoms with van der Waals surface area (Å²) in [6, 6.07) is 0.336. The van der Waals surface area contributed by atoms with Gasteiger partial charge in [0.15, 0.2) is 0 Å². The predicted octanol–water partition coefficient (Wildman–Crippen LogP) is 0.587. The number of piperidine rings is 1. The van der Waals surface area contributed by atoms with Gasteiger partial charge in [-0.25, -0.2) is 5.01 Å². The molecule has 2 unspecified atom stereocenters. The highest BCUT2D eigenvalue weighted by Crippen LogP contribution is 2.09. The number of nitrogens with one attached hydrogen (secondary N) is 1. The quantitative estimate of drug-likeness (QED) is 0.681. The van der Waals surface area contributed by atoms with E-state index in [1.807, 2.05) is 0 Å². The Bertz CT molecular complexity index is 160. The first-order valence-electron chi connectivity index (χ1n) is 5.98. The molecule has 3 N–H and O–H groups in total. The first-order valence-corrected chi connectivity index (χ1v) is 5.98. The molecule has 0 aromatic carbocycles. The highest BCUT2D eigenvalue weighted by atomic mass is 16.5. The van der Waals surface area contributed by atoms with Crippen molar-refractivity contribution in [3.05, 3.63) is 0 Å². The second kappa shape index (κ2) is 7.17. The molecule has 2 atom stereocenters. The highest BCUT2D eigenvalue weighted by molar-refractivity contribution is 4.74. The van der Waals surface area contributed by atoms with Crippen molar-refractivity contribution in [1.82, 2.24) is 10.4 Å². The minimum atomic E-state index is 0.336. The van der Waals surface area contributed by atoms with E-state index >= 15 is 0 Å². The Morgan fingerprint density at radius 3 is 2.53 bits per heavy atom. The number of methoxy groups -OCH3 is 1. The zero-order valence-corrected chi connectivity index (χ0v) is 10.0. The maximum atomic E-state index is 5.78. The molecule has 0 amide bonds. The van der Waals surface area contributed by atoms with Crippen molar-refractivity contribution in [2.75, 3.05) is 33.4 Å². The van der Waals surface area contributed by atoms with Gasteiger partial charge in [-0.15, -0.1) is 0 Å². The minimum absolute atomic E-state index is 0.336. The highest BCUT2D eigenvalue weighted by Gasteiger charge is 2.19. The van der Waals surface area contributed by atoms with Crippen molar-refractivity contribution in [2.24, 2.45) is 11.7 Å². The van der Waals surface area contributed by atoms with Crippen molar-refractivity contribution in [1.29, 1.82) is 0 Å². The van der Waals surface area contributed by atoms with Crippen LogP contribution in [0.4, 0.5) is 0 Å². The number of hydrogen-bond donors (Lipinski definition) is 2. The lowest BCUT2D eigenvalue weighted by Gasteiger charge is -2.33. The van der Waals surface area contributed by atoms with Crippen LogP contribution in [-0.4, -0.2) is 44.4 Å². The van der Waals surface area contributed by atoms with Gasteiger partial charge in [-0.1, -0.05) is 13.3 Å². The van der Waals surface area contributed by atoms with Crippen LogP contribution < -0.4 is 11.2 Å². The van der Waals surface area contributed by atoms with Crippen LogP contribution in [0.15, 0.2) is 0 Å². The summed E-state index contributed by atoms with van der Waals surface area (Å²) in [5, 5.41) is 2.31. The van der Waals surface area contributed by atoms with Gasteiger partial charge in [0.25, 0.3) is 0 Å². The second-order valence-electron chi connectivity index (χ2n) is 4.45. The average Bonchev–Trinajstić information content (AvgIpc) is 2.27. The first kappa shape index (κ1) is 12.9. The van der Waals surface area contributed by atoms with E-state index in [1.54, 1.807) is 7.11 Å². The van der Waals surface area contributed by atoms with Crippen LogP contribution in [0.1, 0.15) is 26.2 Å². The first-order chi connectivity index (χ1) is 7.27. The molecule has 4 heteroatoms. The molecular weight excluding hydrogens is 190 g/mol. The van der Waals surface area contributed by atoms with Gasteiger partial charge in [-0.3, -0.25) is 5.43 Å². The molecule has 0 radical (unpaired) electrons. The van der Waals surface area contributed by atoms with E-state index in [0.29, 0.717) is 18.5 Å². The number of nitrogens with two attached hydrogens (primary N) is 1. The number of hydrazine groups is 1. The molecule has 0 spiro atoms. The molecule has 0 aromatic rings. The molecule has 1 rings (SSSR count). The molecule has 4 nitrogen and oxygen atoms in total. The Kier molecular flexibility index (Phi) is 6.17. The van der Waals surface area contributed by atoms with Crippen molar-refractivity contribution >= 4 is 0 Å². The Morgan fingerprint density at radius 1 is 1.33 bits per heavy atom. The summed E-state index contributed by atoms with van der Waals surface area (Å²) in [7, 11) is 1.74. The van der Waals surface area contributed by atoms with Gasteiger partial charge in [0.05, 0.1) is 6.61 Å². The van der Waals surface area contributed by atoms with Gasteiger partial charge in [0, 0.05) is 32.8 Å². The van der Waals surface area contributed by atoms with Crippen LogP contribution in [-0.2, 0) is 4.74 Å². The summed E-state index contributed by atoms with van der Waals surface area (Å²) < 4.78 is 5.16. The summed E-state index contributed by atoms with van der Waals surface area (Å²) in [6.45, 7) is 5.91. The van der Waals surface area contributed by atoms with E-state index in [-0.39, 0.29) is 0 Å². The molecule has 0 aromatic heterocycles. The SMILES string of the molecule is COCC(C)C(CN)NN1CCCCC1. The Balaban J connectivity index is 2.30. The monoisotopic (exact) mass is 215 g/mol. The fraction of sp³-hybridized carbons (Fsp3) is 1.00. The van der Waals surface area contributed by atoms with E-state index in [2.05, 4.69) is 17.4 Å². The summed E-state index contributed by atoms with van der Waals surface area (Å²) in [6.07, 6.45) is 3.95. The Hall–Kier alpha value is -0.160. The number of hydrogen-bond acceptors (Lipinski definition) is 4. The fourth-order valence-electron chi connectivity index (χ4n) is 2.05. The van der Waals surface area contributed by atoms with E-state index in [9.17, 15) is 0 Å². The van der Waals surface area contributed by atoms with Crippen LogP contribution in [0.2, 0.25) is 0 Å². The summed E-state index contributed by atoms with van der Waals surface area (Å²) in [5.41, 5.74) is 9.29. The number of rotatable bonds is 6. The lowest BCUT2D eigenvalue weighted by atomic mass is 10.0. The maximum Gasteiger partial charge on any atom is 0.0503 e. The average molecular weight is 215 g/mol. The fourth-order valence-corrected chi connectivity index (χ4v) is 2.05. The Labute approximate surface area is 93.1 Å². The molecule has 1 aliphatic heterocycles. The molecule has 0 aliphatic carbocycles. The largest absolute Gasteiger partial charge is 0.384 e. The predicted molar refractivity (Wildman–Crippen MR) is 62.4 cm³/mol. The minimum Gasteiger partial charge on any atom is -0.384 e.